The van der Waals surface area contributed by atoms with Crippen molar-refractivity contribution in [1.82, 2.24) is 0 Å². The Kier molecular flexibility index (Phi) is 5.48. The molecule has 0 saturated carbocycles. The molecule has 0 rings (SSSR count). The summed E-state index contributed by atoms with van der Waals surface area (Å²) in [6, 6.07) is 1.38. The molecule has 0 aromatic carbocycles. The lowest BCUT2D eigenvalue weighted by molar-refractivity contribution is 0.351. The average Bonchev–Trinajstić information content (AvgIpc) is 2.03. The SMILES string of the molecule is C=CC[Si](CC=C)(CC=C)[P+](O)(O)O. The zero-order valence-corrected chi connectivity index (χ0v) is 10.2. The Morgan fingerprint density at radius 3 is 1.29 bits per heavy atom. The van der Waals surface area contributed by atoms with E-state index in [0.717, 1.165) is 0 Å². The monoisotopic (exact) mass is 233 g/mol. The lowest BCUT2D eigenvalue weighted by Gasteiger charge is -2.25. The van der Waals surface area contributed by atoms with E-state index in [1.54, 1.807) is 18.2 Å². The fourth-order valence-electron chi connectivity index (χ4n) is 1.42. The number of hydrogen-bond donors (Lipinski definition) is 3. The fourth-order valence-corrected chi connectivity index (χ4v) is 7.64. The van der Waals surface area contributed by atoms with Gasteiger partial charge < -0.3 is 0 Å². The molecule has 0 aliphatic heterocycles. The maximum atomic E-state index is 9.46. The summed E-state index contributed by atoms with van der Waals surface area (Å²) in [7, 11) is -6.35. The van der Waals surface area contributed by atoms with E-state index < -0.39 is 15.2 Å². The van der Waals surface area contributed by atoms with Gasteiger partial charge in [-0.1, -0.05) is 18.2 Å². The molecule has 0 aliphatic carbocycles. The first-order valence-corrected chi connectivity index (χ1v) is 9.44. The highest BCUT2D eigenvalue weighted by molar-refractivity contribution is 7.96. The molecule has 0 fully saturated rings. The second kappa shape index (κ2) is 5.58. The molecule has 0 atom stereocenters. The third-order valence-electron chi connectivity index (χ3n) is 2.21. The molecule has 0 aromatic rings. The van der Waals surface area contributed by atoms with Gasteiger partial charge >= 0.3 is 15.2 Å². The van der Waals surface area contributed by atoms with E-state index in [-0.39, 0.29) is 0 Å². The maximum Gasteiger partial charge on any atom is 0.347 e. The summed E-state index contributed by atoms with van der Waals surface area (Å²) in [5.74, 6) is 0. The topological polar surface area (TPSA) is 60.7 Å². The van der Waals surface area contributed by atoms with Crippen molar-refractivity contribution >= 4 is 15.2 Å². The molecule has 0 bridgehead atoms. The largest absolute Gasteiger partial charge is 0.347 e. The summed E-state index contributed by atoms with van der Waals surface area (Å²) >= 11 is 0. The van der Waals surface area contributed by atoms with Crippen molar-refractivity contribution in [2.75, 3.05) is 0 Å². The summed E-state index contributed by atoms with van der Waals surface area (Å²) in [6.07, 6.45) is 4.86. The van der Waals surface area contributed by atoms with E-state index in [1.807, 2.05) is 0 Å². The van der Waals surface area contributed by atoms with Crippen molar-refractivity contribution in [2.24, 2.45) is 0 Å². The van der Waals surface area contributed by atoms with Crippen LogP contribution < -0.4 is 0 Å². The molecule has 0 amide bonds. The Bertz CT molecular complexity index is 196. The Morgan fingerprint density at radius 2 is 1.14 bits per heavy atom. The highest BCUT2D eigenvalue weighted by Crippen LogP contribution is 2.60. The van der Waals surface area contributed by atoms with Gasteiger partial charge in [0.15, 0.2) is 0 Å². The smallest absolute Gasteiger partial charge is 0.205 e. The number of rotatable bonds is 7. The summed E-state index contributed by atoms with van der Waals surface area (Å²) in [5.41, 5.74) is 0. The predicted molar refractivity (Wildman–Crippen MR) is 64.3 cm³/mol. The summed E-state index contributed by atoms with van der Waals surface area (Å²) in [5, 5.41) is 0. The van der Waals surface area contributed by atoms with Gasteiger partial charge in [0.25, 0.3) is 0 Å². The number of hydrogen-bond acceptors (Lipinski definition) is 3. The highest BCUT2D eigenvalue weighted by Gasteiger charge is 2.59. The molecule has 3 N–H and O–H groups in total. The molecule has 0 heterocycles. The minimum absolute atomic E-state index is 0.461. The van der Waals surface area contributed by atoms with E-state index >= 15 is 0 Å². The Balaban J connectivity index is 5.00. The van der Waals surface area contributed by atoms with Gasteiger partial charge in [0.05, 0.1) is 0 Å². The first kappa shape index (κ1) is 13.7. The molecular formula is C9H18O3PSi+. The molecule has 0 unspecified atom stereocenters. The van der Waals surface area contributed by atoms with E-state index in [0.29, 0.717) is 18.1 Å². The van der Waals surface area contributed by atoms with Crippen LogP contribution in [-0.4, -0.2) is 22.4 Å². The van der Waals surface area contributed by atoms with Crippen LogP contribution in [0.4, 0.5) is 0 Å². The van der Waals surface area contributed by atoms with Crippen molar-refractivity contribution in [3.63, 3.8) is 0 Å². The quantitative estimate of drug-likeness (QED) is 0.359. The fraction of sp³-hybridized carbons (Fsp3) is 0.333. The summed E-state index contributed by atoms with van der Waals surface area (Å²) in [6.45, 7) is 10.7. The molecule has 5 heteroatoms. The second-order valence-corrected chi connectivity index (χ2v) is 12.7. The molecule has 14 heavy (non-hydrogen) atoms. The van der Waals surface area contributed by atoms with Crippen LogP contribution in [0.1, 0.15) is 0 Å². The lowest BCUT2D eigenvalue weighted by Crippen LogP contribution is -2.35. The van der Waals surface area contributed by atoms with Crippen LogP contribution in [0.15, 0.2) is 38.0 Å². The Hall–Kier alpha value is -0.253. The van der Waals surface area contributed by atoms with Crippen molar-refractivity contribution in [3.8, 4) is 0 Å². The molecule has 80 valence electrons. The summed E-state index contributed by atoms with van der Waals surface area (Å²) in [4.78, 5) is 28.4. The summed E-state index contributed by atoms with van der Waals surface area (Å²) < 4.78 is 0. The second-order valence-electron chi connectivity index (χ2n) is 3.27. The van der Waals surface area contributed by atoms with Gasteiger partial charge in [-0.15, -0.1) is 19.7 Å². The lowest BCUT2D eigenvalue weighted by atomic mass is 10.7. The van der Waals surface area contributed by atoms with Gasteiger partial charge in [-0.3, -0.25) is 0 Å². The predicted octanol–water partition coefficient (Wildman–Crippen LogP) is 2.23. The van der Waals surface area contributed by atoms with Gasteiger partial charge in [-0.2, -0.15) is 0 Å². The Labute approximate surface area is 86.5 Å². The maximum absolute atomic E-state index is 9.46. The molecule has 3 nitrogen and oxygen atoms in total. The zero-order valence-electron chi connectivity index (χ0n) is 8.26. The molecular weight excluding hydrogens is 215 g/mol. The van der Waals surface area contributed by atoms with Crippen LogP contribution in [0.2, 0.25) is 18.1 Å². The van der Waals surface area contributed by atoms with Crippen molar-refractivity contribution in [1.29, 1.82) is 0 Å². The molecule has 0 aromatic heterocycles. The standard InChI is InChI=1S/C9H18O3PSi/c1-4-7-14(8-5-2,9-6-3)13(10,11)12/h4-6,10-12H,1-3,7-9H2/q+1. The van der Waals surface area contributed by atoms with Gasteiger partial charge in [-0.05, 0) is 0 Å². The van der Waals surface area contributed by atoms with Crippen LogP contribution in [0.3, 0.4) is 0 Å². The van der Waals surface area contributed by atoms with Gasteiger partial charge in [-0.25, -0.2) is 14.7 Å². The molecule has 0 radical (unpaired) electrons. The van der Waals surface area contributed by atoms with Crippen molar-refractivity contribution in [3.05, 3.63) is 38.0 Å². The normalized spacial score (nSPS) is 12.2. The zero-order chi connectivity index (χ0) is 11.2. The van der Waals surface area contributed by atoms with Gasteiger partial charge in [0.2, 0.25) is 0 Å². The van der Waals surface area contributed by atoms with E-state index in [2.05, 4.69) is 19.7 Å². The van der Waals surface area contributed by atoms with Crippen LogP contribution >= 0.6 is 7.49 Å². The third kappa shape index (κ3) is 3.15. The average molecular weight is 233 g/mol. The molecule has 0 spiro atoms. The van der Waals surface area contributed by atoms with Crippen LogP contribution in [-0.2, 0) is 0 Å². The minimum atomic E-state index is -3.78. The van der Waals surface area contributed by atoms with E-state index in [1.165, 1.54) is 0 Å². The minimum Gasteiger partial charge on any atom is -0.205 e. The molecule has 0 saturated heterocycles. The van der Waals surface area contributed by atoms with Crippen LogP contribution in [0.5, 0.6) is 0 Å². The van der Waals surface area contributed by atoms with Crippen molar-refractivity contribution < 1.29 is 14.7 Å². The van der Waals surface area contributed by atoms with Crippen LogP contribution in [0.25, 0.3) is 0 Å². The van der Waals surface area contributed by atoms with Crippen molar-refractivity contribution in [2.45, 2.75) is 18.1 Å². The third-order valence-corrected chi connectivity index (χ3v) is 12.1. The van der Waals surface area contributed by atoms with Gasteiger partial charge in [0.1, 0.15) is 0 Å². The highest BCUT2D eigenvalue weighted by atomic mass is 31.5. The van der Waals surface area contributed by atoms with Crippen LogP contribution in [0, 0.1) is 0 Å². The molecule has 0 aliphatic rings. The number of allylic oxidation sites excluding steroid dienone is 3. The van der Waals surface area contributed by atoms with E-state index in [4.69, 9.17) is 0 Å². The van der Waals surface area contributed by atoms with E-state index in [9.17, 15) is 14.7 Å². The first-order valence-electron chi connectivity index (χ1n) is 4.33. The van der Waals surface area contributed by atoms with Gasteiger partial charge in [0, 0.05) is 18.1 Å². The first-order chi connectivity index (χ1) is 6.43. The Morgan fingerprint density at radius 1 is 0.857 bits per heavy atom.